The van der Waals surface area contributed by atoms with Crippen LogP contribution in [0.25, 0.3) is 0 Å². The molecule has 21 heavy (non-hydrogen) atoms. The summed E-state index contributed by atoms with van der Waals surface area (Å²) < 4.78 is 0. The van der Waals surface area contributed by atoms with Crippen LogP contribution in [-0.2, 0) is 9.59 Å². The lowest BCUT2D eigenvalue weighted by atomic mass is 9.98. The second kappa shape index (κ2) is 5.29. The number of carbonyl (C=O) groups is 3. The number of nitrogens with one attached hydrogen (secondary N) is 1. The van der Waals surface area contributed by atoms with Crippen molar-refractivity contribution in [3.63, 3.8) is 0 Å². The molecule has 7 nitrogen and oxygen atoms in total. The van der Waals surface area contributed by atoms with Crippen LogP contribution < -0.4 is 5.32 Å². The molecule has 2 saturated heterocycles. The summed E-state index contributed by atoms with van der Waals surface area (Å²) in [5.74, 6) is -0.951. The summed E-state index contributed by atoms with van der Waals surface area (Å²) in [6.07, 6.45) is 4.85. The molecule has 1 atom stereocenters. The summed E-state index contributed by atoms with van der Waals surface area (Å²) in [5.41, 5.74) is -0.672. The molecule has 1 spiro atoms. The number of likely N-dealkylation sites (tertiary alicyclic amines) is 1. The molecule has 3 aliphatic rings. The highest BCUT2D eigenvalue weighted by Crippen LogP contribution is 2.35. The summed E-state index contributed by atoms with van der Waals surface area (Å²) in [5, 5.41) is 12.0. The number of urea groups is 1. The molecule has 0 aromatic heterocycles. The van der Waals surface area contributed by atoms with Gasteiger partial charge in [-0.05, 0) is 32.2 Å². The number of rotatable bonds is 4. The van der Waals surface area contributed by atoms with Crippen LogP contribution in [0.5, 0.6) is 0 Å². The molecule has 116 valence electrons. The predicted octanol–water partition coefficient (Wildman–Crippen LogP) is 0.400. The SMILES string of the molecule is O=C(O)[C@@H]1CCCN1CCN1C(=O)NC2(CCCC2)C1=O. The monoisotopic (exact) mass is 295 g/mol. The Morgan fingerprint density at radius 2 is 1.95 bits per heavy atom. The number of hydrogen-bond acceptors (Lipinski definition) is 4. The standard InChI is InChI=1S/C14H21N3O4/c18-11(19)10-4-3-7-16(10)8-9-17-12(20)14(15-13(17)21)5-1-2-6-14/h10H,1-9H2,(H,15,21)(H,18,19)/t10-/m0/s1. The van der Waals surface area contributed by atoms with Crippen molar-refractivity contribution in [3.8, 4) is 0 Å². The van der Waals surface area contributed by atoms with E-state index in [-0.39, 0.29) is 18.5 Å². The van der Waals surface area contributed by atoms with E-state index in [1.54, 1.807) is 0 Å². The summed E-state index contributed by atoms with van der Waals surface area (Å²) >= 11 is 0. The van der Waals surface area contributed by atoms with Crippen LogP contribution in [-0.4, -0.2) is 64.0 Å². The first kappa shape index (κ1) is 14.3. The van der Waals surface area contributed by atoms with Crippen LogP contribution >= 0.6 is 0 Å². The Morgan fingerprint density at radius 1 is 1.24 bits per heavy atom. The summed E-state index contributed by atoms with van der Waals surface area (Å²) in [4.78, 5) is 38.7. The molecule has 0 aromatic carbocycles. The Kier molecular flexibility index (Phi) is 3.61. The molecule has 1 saturated carbocycles. The van der Waals surface area contributed by atoms with Crippen molar-refractivity contribution in [2.24, 2.45) is 0 Å². The van der Waals surface area contributed by atoms with E-state index in [0.29, 0.717) is 19.5 Å². The number of amides is 3. The molecule has 1 aliphatic carbocycles. The summed E-state index contributed by atoms with van der Waals surface area (Å²) in [6.45, 7) is 1.42. The van der Waals surface area contributed by atoms with E-state index in [4.69, 9.17) is 5.11 Å². The minimum absolute atomic E-state index is 0.129. The quantitative estimate of drug-likeness (QED) is 0.733. The molecule has 2 heterocycles. The van der Waals surface area contributed by atoms with Crippen LogP contribution in [0.2, 0.25) is 0 Å². The zero-order valence-electron chi connectivity index (χ0n) is 12.0. The van der Waals surface area contributed by atoms with Crippen LogP contribution in [0.4, 0.5) is 4.79 Å². The van der Waals surface area contributed by atoms with Gasteiger partial charge in [-0.15, -0.1) is 0 Å². The number of carboxylic acid groups (broad SMARTS) is 1. The fourth-order valence-corrected chi connectivity index (χ4v) is 3.80. The number of hydrogen-bond donors (Lipinski definition) is 2. The Bertz CT molecular complexity index is 473. The van der Waals surface area contributed by atoms with E-state index in [0.717, 1.165) is 32.1 Å². The van der Waals surface area contributed by atoms with Crippen LogP contribution in [0.3, 0.4) is 0 Å². The fourth-order valence-electron chi connectivity index (χ4n) is 3.80. The smallest absolute Gasteiger partial charge is 0.325 e. The first-order valence-corrected chi connectivity index (χ1v) is 7.64. The lowest BCUT2D eigenvalue weighted by Gasteiger charge is -2.24. The summed E-state index contributed by atoms with van der Waals surface area (Å²) in [6, 6.07) is -0.806. The number of aliphatic carboxylic acids is 1. The predicted molar refractivity (Wildman–Crippen MR) is 73.7 cm³/mol. The Morgan fingerprint density at radius 3 is 2.62 bits per heavy atom. The zero-order valence-corrected chi connectivity index (χ0v) is 12.0. The van der Waals surface area contributed by atoms with E-state index in [1.165, 1.54) is 4.90 Å². The minimum atomic E-state index is -0.822. The van der Waals surface area contributed by atoms with Crippen molar-refractivity contribution in [2.45, 2.75) is 50.1 Å². The van der Waals surface area contributed by atoms with E-state index < -0.39 is 17.6 Å². The molecule has 2 aliphatic heterocycles. The van der Waals surface area contributed by atoms with Gasteiger partial charge in [0.25, 0.3) is 5.91 Å². The highest BCUT2D eigenvalue weighted by Gasteiger charge is 2.52. The molecule has 0 radical (unpaired) electrons. The van der Waals surface area contributed by atoms with Gasteiger partial charge in [-0.1, -0.05) is 12.8 Å². The van der Waals surface area contributed by atoms with Crippen molar-refractivity contribution in [2.75, 3.05) is 19.6 Å². The maximum Gasteiger partial charge on any atom is 0.325 e. The maximum absolute atomic E-state index is 12.5. The van der Waals surface area contributed by atoms with Crippen molar-refractivity contribution >= 4 is 17.9 Å². The van der Waals surface area contributed by atoms with Gasteiger partial charge in [0, 0.05) is 13.1 Å². The molecule has 3 amide bonds. The molecule has 7 heteroatoms. The number of carbonyl (C=O) groups excluding carboxylic acids is 2. The highest BCUT2D eigenvalue weighted by atomic mass is 16.4. The molecule has 2 N–H and O–H groups in total. The average molecular weight is 295 g/mol. The second-order valence-electron chi connectivity index (χ2n) is 6.21. The van der Waals surface area contributed by atoms with Gasteiger partial charge in [0.2, 0.25) is 0 Å². The summed E-state index contributed by atoms with van der Waals surface area (Å²) in [7, 11) is 0. The van der Waals surface area contributed by atoms with Crippen LogP contribution in [0.15, 0.2) is 0 Å². The minimum Gasteiger partial charge on any atom is -0.480 e. The maximum atomic E-state index is 12.5. The molecule has 0 bridgehead atoms. The molecular formula is C14H21N3O4. The number of carboxylic acids is 1. The van der Waals surface area contributed by atoms with Gasteiger partial charge >= 0.3 is 12.0 Å². The van der Waals surface area contributed by atoms with Crippen molar-refractivity contribution in [3.05, 3.63) is 0 Å². The van der Waals surface area contributed by atoms with Crippen LogP contribution in [0, 0.1) is 0 Å². The second-order valence-corrected chi connectivity index (χ2v) is 6.21. The molecule has 3 fully saturated rings. The van der Waals surface area contributed by atoms with E-state index in [1.807, 2.05) is 4.90 Å². The van der Waals surface area contributed by atoms with Gasteiger partial charge in [0.05, 0.1) is 0 Å². The third-order valence-corrected chi connectivity index (χ3v) is 4.96. The van der Waals surface area contributed by atoms with Crippen molar-refractivity contribution in [1.82, 2.24) is 15.1 Å². The number of imide groups is 1. The Labute approximate surface area is 123 Å². The first-order chi connectivity index (χ1) is 10.0. The third kappa shape index (κ3) is 2.39. The molecular weight excluding hydrogens is 274 g/mol. The fraction of sp³-hybridized carbons (Fsp3) is 0.786. The van der Waals surface area contributed by atoms with Gasteiger partial charge < -0.3 is 10.4 Å². The van der Waals surface area contributed by atoms with Crippen LogP contribution in [0.1, 0.15) is 38.5 Å². The first-order valence-electron chi connectivity index (χ1n) is 7.64. The lowest BCUT2D eigenvalue weighted by molar-refractivity contribution is -0.142. The third-order valence-electron chi connectivity index (χ3n) is 4.96. The Balaban J connectivity index is 1.61. The van der Waals surface area contributed by atoms with Gasteiger partial charge in [0.1, 0.15) is 11.6 Å². The molecule has 0 unspecified atom stereocenters. The average Bonchev–Trinajstić information content (AvgIpc) is 3.11. The van der Waals surface area contributed by atoms with Gasteiger partial charge in [0.15, 0.2) is 0 Å². The number of nitrogens with zero attached hydrogens (tertiary/aromatic N) is 2. The van der Waals surface area contributed by atoms with E-state index in [9.17, 15) is 14.4 Å². The van der Waals surface area contributed by atoms with Gasteiger partial charge in [-0.3, -0.25) is 19.4 Å². The van der Waals surface area contributed by atoms with E-state index in [2.05, 4.69) is 5.32 Å². The highest BCUT2D eigenvalue weighted by molar-refractivity contribution is 6.07. The Hall–Kier alpha value is -1.63. The van der Waals surface area contributed by atoms with Crippen molar-refractivity contribution in [1.29, 1.82) is 0 Å². The van der Waals surface area contributed by atoms with E-state index >= 15 is 0 Å². The zero-order chi connectivity index (χ0) is 15.0. The largest absolute Gasteiger partial charge is 0.480 e. The topological polar surface area (TPSA) is 89.9 Å². The van der Waals surface area contributed by atoms with Crippen molar-refractivity contribution < 1.29 is 19.5 Å². The van der Waals surface area contributed by atoms with Gasteiger partial charge in [-0.25, -0.2) is 4.79 Å². The molecule has 0 aromatic rings. The normalized spacial score (nSPS) is 28.6. The van der Waals surface area contributed by atoms with Gasteiger partial charge in [-0.2, -0.15) is 0 Å². The lowest BCUT2D eigenvalue weighted by Crippen LogP contribution is -2.45. The molecule has 3 rings (SSSR count).